The van der Waals surface area contributed by atoms with E-state index in [0.29, 0.717) is 13.2 Å². The first kappa shape index (κ1) is 13.4. The minimum absolute atomic E-state index is 0.108. The van der Waals surface area contributed by atoms with E-state index in [1.165, 1.54) is 0 Å². The standard InChI is InChI=1S/C15H18N2O2S/c1-2-5-16-15(12-9-20-10-17-12)11-3-4-13-14(8-11)19-7-6-18-13/h3-4,8-10,15-16H,2,5-7H2,1H3. The summed E-state index contributed by atoms with van der Waals surface area (Å²) < 4.78 is 11.2. The number of nitrogens with zero attached hydrogens (tertiary/aromatic N) is 1. The van der Waals surface area contributed by atoms with Gasteiger partial charge in [-0.1, -0.05) is 13.0 Å². The predicted molar refractivity (Wildman–Crippen MR) is 79.7 cm³/mol. The number of aromatic nitrogens is 1. The third-order valence-electron chi connectivity index (χ3n) is 3.25. The zero-order valence-electron chi connectivity index (χ0n) is 11.5. The summed E-state index contributed by atoms with van der Waals surface area (Å²) in [6.07, 6.45) is 1.09. The van der Waals surface area contributed by atoms with E-state index in [1.807, 2.05) is 11.6 Å². The molecule has 20 heavy (non-hydrogen) atoms. The van der Waals surface area contributed by atoms with Crippen LogP contribution >= 0.6 is 11.3 Å². The van der Waals surface area contributed by atoms with E-state index in [0.717, 1.165) is 35.7 Å². The minimum atomic E-state index is 0.108. The summed E-state index contributed by atoms with van der Waals surface area (Å²) in [4.78, 5) is 4.44. The van der Waals surface area contributed by atoms with E-state index in [-0.39, 0.29) is 6.04 Å². The van der Waals surface area contributed by atoms with Crippen molar-refractivity contribution in [3.63, 3.8) is 0 Å². The van der Waals surface area contributed by atoms with Crippen molar-refractivity contribution in [2.24, 2.45) is 0 Å². The number of fused-ring (bicyclic) bond motifs is 1. The highest BCUT2D eigenvalue weighted by atomic mass is 32.1. The molecule has 1 aromatic carbocycles. The summed E-state index contributed by atoms with van der Waals surface area (Å²) >= 11 is 1.62. The Bertz CT molecular complexity index is 557. The van der Waals surface area contributed by atoms with Gasteiger partial charge >= 0.3 is 0 Å². The van der Waals surface area contributed by atoms with Gasteiger partial charge in [0.25, 0.3) is 0 Å². The molecule has 3 rings (SSSR count). The predicted octanol–water partition coefficient (Wildman–Crippen LogP) is 3.00. The molecule has 0 aliphatic carbocycles. The molecule has 0 amide bonds. The van der Waals surface area contributed by atoms with E-state index >= 15 is 0 Å². The van der Waals surface area contributed by atoms with Gasteiger partial charge in [-0.05, 0) is 30.7 Å². The van der Waals surface area contributed by atoms with Crippen molar-refractivity contribution in [3.8, 4) is 11.5 Å². The molecule has 4 nitrogen and oxygen atoms in total. The zero-order valence-corrected chi connectivity index (χ0v) is 12.3. The number of rotatable bonds is 5. The Morgan fingerprint density at radius 1 is 1.30 bits per heavy atom. The lowest BCUT2D eigenvalue weighted by Gasteiger charge is -2.22. The summed E-state index contributed by atoms with van der Waals surface area (Å²) in [5.74, 6) is 1.65. The molecule has 2 aromatic rings. The van der Waals surface area contributed by atoms with Crippen LogP contribution in [0.5, 0.6) is 11.5 Å². The molecule has 0 spiro atoms. The van der Waals surface area contributed by atoms with Crippen molar-refractivity contribution in [1.82, 2.24) is 10.3 Å². The third-order valence-corrected chi connectivity index (χ3v) is 3.85. The van der Waals surface area contributed by atoms with Crippen molar-refractivity contribution in [1.29, 1.82) is 0 Å². The maximum Gasteiger partial charge on any atom is 0.161 e. The van der Waals surface area contributed by atoms with Gasteiger partial charge in [0.2, 0.25) is 0 Å². The van der Waals surface area contributed by atoms with Crippen LogP contribution in [-0.2, 0) is 0 Å². The van der Waals surface area contributed by atoms with Crippen LogP contribution in [0.3, 0.4) is 0 Å². The molecule has 1 unspecified atom stereocenters. The Hall–Kier alpha value is -1.59. The number of hydrogen-bond donors (Lipinski definition) is 1. The monoisotopic (exact) mass is 290 g/mol. The van der Waals surface area contributed by atoms with Gasteiger partial charge in [-0.15, -0.1) is 11.3 Å². The molecule has 1 aliphatic rings. The summed E-state index contributed by atoms with van der Waals surface area (Å²) in [6, 6.07) is 6.23. The maximum atomic E-state index is 5.67. The molecule has 1 N–H and O–H groups in total. The highest BCUT2D eigenvalue weighted by Gasteiger charge is 2.19. The second kappa shape index (κ2) is 6.24. The molecule has 106 valence electrons. The summed E-state index contributed by atoms with van der Waals surface area (Å²) in [6.45, 7) is 4.35. The van der Waals surface area contributed by atoms with Crippen LogP contribution in [0, 0.1) is 0 Å². The SMILES string of the molecule is CCCNC(c1ccc2c(c1)OCCO2)c1cscn1. The molecule has 0 bridgehead atoms. The van der Waals surface area contributed by atoms with Crippen LogP contribution in [0.2, 0.25) is 0 Å². The van der Waals surface area contributed by atoms with Crippen molar-refractivity contribution in [2.75, 3.05) is 19.8 Å². The lowest BCUT2D eigenvalue weighted by Crippen LogP contribution is -2.24. The average molecular weight is 290 g/mol. The summed E-state index contributed by atoms with van der Waals surface area (Å²) in [7, 11) is 0. The first-order valence-electron chi connectivity index (χ1n) is 6.89. The largest absolute Gasteiger partial charge is 0.486 e. The van der Waals surface area contributed by atoms with Crippen LogP contribution in [-0.4, -0.2) is 24.7 Å². The molecule has 0 saturated heterocycles. The molecule has 2 heterocycles. The Balaban J connectivity index is 1.90. The second-order valence-electron chi connectivity index (χ2n) is 4.70. The number of ether oxygens (including phenoxy) is 2. The smallest absolute Gasteiger partial charge is 0.161 e. The summed E-state index contributed by atoms with van der Waals surface area (Å²) in [5, 5.41) is 5.63. The van der Waals surface area contributed by atoms with Gasteiger partial charge in [0.1, 0.15) is 13.2 Å². The topological polar surface area (TPSA) is 43.4 Å². The van der Waals surface area contributed by atoms with Crippen LogP contribution in [0.1, 0.15) is 30.6 Å². The fourth-order valence-corrected chi connectivity index (χ4v) is 2.87. The number of benzene rings is 1. The van der Waals surface area contributed by atoms with Gasteiger partial charge in [-0.3, -0.25) is 0 Å². The molecule has 5 heteroatoms. The van der Waals surface area contributed by atoms with Gasteiger partial charge in [-0.2, -0.15) is 0 Å². The Kier molecular flexibility index (Phi) is 4.18. The molecule has 1 atom stereocenters. The zero-order chi connectivity index (χ0) is 13.8. The van der Waals surface area contributed by atoms with Gasteiger partial charge in [-0.25, -0.2) is 4.98 Å². The fraction of sp³-hybridized carbons (Fsp3) is 0.400. The number of hydrogen-bond acceptors (Lipinski definition) is 5. The normalized spacial score (nSPS) is 15.1. The van der Waals surface area contributed by atoms with Crippen molar-refractivity contribution < 1.29 is 9.47 Å². The highest BCUT2D eigenvalue weighted by Crippen LogP contribution is 2.34. The van der Waals surface area contributed by atoms with Gasteiger partial charge in [0.15, 0.2) is 11.5 Å². The first-order valence-corrected chi connectivity index (χ1v) is 7.84. The van der Waals surface area contributed by atoms with Gasteiger partial charge in [0.05, 0.1) is 17.2 Å². The van der Waals surface area contributed by atoms with Crippen LogP contribution in [0.25, 0.3) is 0 Å². The maximum absolute atomic E-state index is 5.67. The Labute approximate surface area is 122 Å². The van der Waals surface area contributed by atoms with Crippen molar-refractivity contribution in [3.05, 3.63) is 40.3 Å². The van der Waals surface area contributed by atoms with E-state index in [2.05, 4.69) is 34.7 Å². The van der Waals surface area contributed by atoms with Gasteiger partial charge < -0.3 is 14.8 Å². The fourth-order valence-electron chi connectivity index (χ4n) is 2.29. The molecule has 0 radical (unpaired) electrons. The van der Waals surface area contributed by atoms with Crippen molar-refractivity contribution in [2.45, 2.75) is 19.4 Å². The van der Waals surface area contributed by atoms with E-state index in [1.54, 1.807) is 11.3 Å². The summed E-state index contributed by atoms with van der Waals surface area (Å²) in [5.41, 5.74) is 4.09. The molecule has 0 saturated carbocycles. The van der Waals surface area contributed by atoms with E-state index in [4.69, 9.17) is 9.47 Å². The first-order chi connectivity index (χ1) is 9.88. The highest BCUT2D eigenvalue weighted by molar-refractivity contribution is 7.07. The third kappa shape index (κ3) is 2.78. The minimum Gasteiger partial charge on any atom is -0.486 e. The quantitative estimate of drug-likeness (QED) is 0.919. The lowest BCUT2D eigenvalue weighted by molar-refractivity contribution is 0.171. The van der Waals surface area contributed by atoms with E-state index in [9.17, 15) is 0 Å². The van der Waals surface area contributed by atoms with Crippen LogP contribution in [0.15, 0.2) is 29.1 Å². The van der Waals surface area contributed by atoms with Gasteiger partial charge in [0, 0.05) is 5.38 Å². The average Bonchev–Trinajstić information content (AvgIpc) is 3.02. The van der Waals surface area contributed by atoms with Crippen LogP contribution in [0.4, 0.5) is 0 Å². The van der Waals surface area contributed by atoms with E-state index < -0.39 is 0 Å². The molecule has 1 aliphatic heterocycles. The molecule has 1 aromatic heterocycles. The Morgan fingerprint density at radius 3 is 2.90 bits per heavy atom. The Morgan fingerprint density at radius 2 is 2.15 bits per heavy atom. The van der Waals surface area contributed by atoms with Crippen LogP contribution < -0.4 is 14.8 Å². The lowest BCUT2D eigenvalue weighted by atomic mass is 10.0. The molecular weight excluding hydrogens is 272 g/mol. The van der Waals surface area contributed by atoms with Crippen molar-refractivity contribution >= 4 is 11.3 Å². The number of thiazole rings is 1. The second-order valence-corrected chi connectivity index (χ2v) is 5.42. The molecular formula is C15H18N2O2S. The number of nitrogens with one attached hydrogen (secondary N) is 1. The molecule has 0 fully saturated rings.